The smallest absolute Gasteiger partial charge is 0.288 e. The van der Waals surface area contributed by atoms with Gasteiger partial charge in [0.05, 0.1) is 9.95 Å². The van der Waals surface area contributed by atoms with Crippen molar-refractivity contribution < 1.29 is 4.92 Å². The highest BCUT2D eigenvalue weighted by Gasteiger charge is 2.16. The fourth-order valence-corrected chi connectivity index (χ4v) is 1.24. The van der Waals surface area contributed by atoms with Crippen molar-refractivity contribution in [3.8, 4) is 6.07 Å². The number of hydrogen-bond acceptors (Lipinski definition) is 4. The normalized spacial score (nSPS) is 9.50. The SMILES string of the molecule is N#Cc1cc(CN)c(Cl)cc1[N+](=O)[O-]. The van der Waals surface area contributed by atoms with Crippen molar-refractivity contribution >= 4 is 17.3 Å². The number of rotatable bonds is 2. The van der Waals surface area contributed by atoms with Crippen molar-refractivity contribution in [2.45, 2.75) is 6.54 Å². The number of nitro groups is 1. The van der Waals surface area contributed by atoms with Crippen molar-refractivity contribution in [1.82, 2.24) is 0 Å². The number of nitro benzene ring substituents is 1. The Morgan fingerprint density at radius 1 is 1.64 bits per heavy atom. The summed E-state index contributed by atoms with van der Waals surface area (Å²) in [4.78, 5) is 9.85. The van der Waals surface area contributed by atoms with E-state index in [-0.39, 0.29) is 22.8 Å². The molecule has 2 N–H and O–H groups in total. The molecular formula is C8H6ClN3O2. The molecule has 0 spiro atoms. The molecule has 0 aliphatic heterocycles. The number of nitriles is 1. The van der Waals surface area contributed by atoms with Crippen molar-refractivity contribution in [1.29, 1.82) is 5.26 Å². The van der Waals surface area contributed by atoms with Crippen LogP contribution < -0.4 is 5.73 Å². The zero-order valence-electron chi connectivity index (χ0n) is 7.03. The van der Waals surface area contributed by atoms with Crippen LogP contribution in [0.25, 0.3) is 0 Å². The van der Waals surface area contributed by atoms with Crippen LogP contribution in [0.3, 0.4) is 0 Å². The third kappa shape index (κ3) is 1.82. The number of hydrogen-bond donors (Lipinski definition) is 1. The lowest BCUT2D eigenvalue weighted by molar-refractivity contribution is -0.385. The molecule has 72 valence electrons. The molecule has 0 aliphatic carbocycles. The summed E-state index contributed by atoms with van der Waals surface area (Å²) in [6, 6.07) is 4.20. The van der Waals surface area contributed by atoms with Gasteiger partial charge in [-0.1, -0.05) is 11.6 Å². The predicted molar refractivity (Wildman–Crippen MR) is 50.7 cm³/mol. The zero-order valence-corrected chi connectivity index (χ0v) is 7.78. The van der Waals surface area contributed by atoms with Gasteiger partial charge in [0.2, 0.25) is 0 Å². The molecule has 1 rings (SSSR count). The summed E-state index contributed by atoms with van der Waals surface area (Å²) in [6.45, 7) is 0.144. The molecule has 0 saturated heterocycles. The number of benzene rings is 1. The van der Waals surface area contributed by atoms with Crippen LogP contribution in [-0.4, -0.2) is 4.92 Å². The van der Waals surface area contributed by atoms with E-state index in [1.54, 1.807) is 6.07 Å². The van der Waals surface area contributed by atoms with Gasteiger partial charge < -0.3 is 5.73 Å². The quantitative estimate of drug-likeness (QED) is 0.594. The largest absolute Gasteiger partial charge is 0.326 e. The molecule has 0 amide bonds. The molecule has 0 atom stereocenters. The summed E-state index contributed by atoms with van der Waals surface area (Å²) in [6.07, 6.45) is 0. The van der Waals surface area contributed by atoms with E-state index in [9.17, 15) is 10.1 Å². The standard InChI is InChI=1S/C8H6ClN3O2/c9-7-2-8(12(13)14)6(4-11)1-5(7)3-10/h1-2H,3,10H2. The average Bonchev–Trinajstić information content (AvgIpc) is 2.17. The van der Waals surface area contributed by atoms with E-state index in [4.69, 9.17) is 22.6 Å². The van der Waals surface area contributed by atoms with E-state index in [0.29, 0.717) is 5.56 Å². The Labute approximate surface area is 84.8 Å². The van der Waals surface area contributed by atoms with Gasteiger partial charge in [-0.05, 0) is 11.6 Å². The summed E-state index contributed by atoms with van der Waals surface area (Å²) < 4.78 is 0. The second-order valence-electron chi connectivity index (χ2n) is 2.53. The first-order valence-electron chi connectivity index (χ1n) is 3.67. The molecular weight excluding hydrogens is 206 g/mol. The molecule has 0 unspecified atom stereocenters. The van der Waals surface area contributed by atoms with E-state index in [0.717, 1.165) is 6.07 Å². The molecule has 0 saturated carbocycles. The van der Waals surface area contributed by atoms with Crippen LogP contribution in [0, 0.1) is 21.4 Å². The Bertz CT molecular complexity index is 425. The molecule has 0 fully saturated rings. The van der Waals surface area contributed by atoms with Crippen LogP contribution >= 0.6 is 11.6 Å². The number of nitrogens with two attached hydrogens (primary N) is 1. The highest BCUT2D eigenvalue weighted by Crippen LogP contribution is 2.26. The van der Waals surface area contributed by atoms with Gasteiger partial charge in [-0.25, -0.2) is 0 Å². The van der Waals surface area contributed by atoms with Gasteiger partial charge in [0.25, 0.3) is 5.69 Å². The van der Waals surface area contributed by atoms with Gasteiger partial charge in [-0.15, -0.1) is 0 Å². The van der Waals surface area contributed by atoms with Gasteiger partial charge in [0.1, 0.15) is 11.6 Å². The zero-order chi connectivity index (χ0) is 10.7. The lowest BCUT2D eigenvalue weighted by Gasteiger charge is -2.01. The highest BCUT2D eigenvalue weighted by atomic mass is 35.5. The molecule has 0 heterocycles. The third-order valence-electron chi connectivity index (χ3n) is 1.70. The molecule has 6 heteroatoms. The summed E-state index contributed by atoms with van der Waals surface area (Å²) in [5, 5.41) is 19.3. The van der Waals surface area contributed by atoms with Gasteiger partial charge in [0.15, 0.2) is 0 Å². The molecule has 0 aromatic heterocycles. The molecule has 1 aromatic rings. The summed E-state index contributed by atoms with van der Waals surface area (Å²) in [7, 11) is 0. The monoisotopic (exact) mass is 211 g/mol. The molecule has 0 bridgehead atoms. The second-order valence-corrected chi connectivity index (χ2v) is 2.94. The van der Waals surface area contributed by atoms with E-state index in [1.165, 1.54) is 6.07 Å². The molecule has 0 radical (unpaired) electrons. The van der Waals surface area contributed by atoms with Crippen molar-refractivity contribution in [2.24, 2.45) is 5.73 Å². The minimum Gasteiger partial charge on any atom is -0.326 e. The van der Waals surface area contributed by atoms with Gasteiger partial charge in [-0.3, -0.25) is 10.1 Å². The van der Waals surface area contributed by atoms with Crippen LogP contribution in [0.1, 0.15) is 11.1 Å². The fourth-order valence-electron chi connectivity index (χ4n) is 1.00. The Kier molecular flexibility index (Phi) is 3.02. The highest BCUT2D eigenvalue weighted by molar-refractivity contribution is 6.31. The van der Waals surface area contributed by atoms with Gasteiger partial charge in [-0.2, -0.15) is 5.26 Å². The third-order valence-corrected chi connectivity index (χ3v) is 2.05. The Morgan fingerprint density at radius 3 is 2.71 bits per heavy atom. The van der Waals surface area contributed by atoms with Crippen molar-refractivity contribution in [3.63, 3.8) is 0 Å². The van der Waals surface area contributed by atoms with Crippen molar-refractivity contribution in [2.75, 3.05) is 0 Å². The van der Waals surface area contributed by atoms with Gasteiger partial charge in [0, 0.05) is 12.6 Å². The minimum absolute atomic E-state index is 0.0279. The lowest BCUT2D eigenvalue weighted by Crippen LogP contribution is -2.00. The summed E-state index contributed by atoms with van der Waals surface area (Å²) in [5.74, 6) is 0. The molecule has 5 nitrogen and oxygen atoms in total. The number of nitrogens with zero attached hydrogens (tertiary/aromatic N) is 2. The van der Waals surface area contributed by atoms with E-state index in [2.05, 4.69) is 0 Å². The average molecular weight is 212 g/mol. The van der Waals surface area contributed by atoms with E-state index in [1.807, 2.05) is 0 Å². The maximum Gasteiger partial charge on any atom is 0.288 e. The van der Waals surface area contributed by atoms with Crippen molar-refractivity contribution in [3.05, 3.63) is 38.4 Å². The molecule has 1 aromatic carbocycles. The van der Waals surface area contributed by atoms with Crippen LogP contribution in [0.4, 0.5) is 5.69 Å². The maximum absolute atomic E-state index is 10.5. The Balaban J connectivity index is 3.41. The van der Waals surface area contributed by atoms with E-state index >= 15 is 0 Å². The maximum atomic E-state index is 10.5. The lowest BCUT2D eigenvalue weighted by atomic mass is 10.1. The first-order chi connectivity index (χ1) is 6.60. The molecule has 0 aliphatic rings. The minimum atomic E-state index is -0.648. The molecule has 14 heavy (non-hydrogen) atoms. The number of halogens is 1. The van der Waals surface area contributed by atoms with Crippen LogP contribution in [0.5, 0.6) is 0 Å². The van der Waals surface area contributed by atoms with Crippen LogP contribution in [0.15, 0.2) is 12.1 Å². The van der Waals surface area contributed by atoms with Crippen LogP contribution in [-0.2, 0) is 6.54 Å². The predicted octanol–water partition coefficient (Wildman–Crippen LogP) is 1.58. The Morgan fingerprint density at radius 2 is 2.29 bits per heavy atom. The summed E-state index contributed by atoms with van der Waals surface area (Å²) >= 11 is 5.71. The first kappa shape index (κ1) is 10.4. The van der Waals surface area contributed by atoms with E-state index < -0.39 is 4.92 Å². The fraction of sp³-hybridized carbons (Fsp3) is 0.125. The topological polar surface area (TPSA) is 93.0 Å². The Hall–Kier alpha value is -1.64. The van der Waals surface area contributed by atoms with Gasteiger partial charge >= 0.3 is 0 Å². The second kappa shape index (κ2) is 4.05. The summed E-state index contributed by atoms with van der Waals surface area (Å²) in [5.41, 5.74) is 5.53. The van der Waals surface area contributed by atoms with Crippen LogP contribution in [0.2, 0.25) is 5.02 Å². The first-order valence-corrected chi connectivity index (χ1v) is 4.05.